The minimum absolute atomic E-state index is 0.159. The van der Waals surface area contributed by atoms with Crippen molar-refractivity contribution >= 4 is 33.2 Å². The Labute approximate surface area is 113 Å². The summed E-state index contributed by atoms with van der Waals surface area (Å²) in [5.41, 5.74) is 0. The van der Waals surface area contributed by atoms with Crippen LogP contribution in [-0.4, -0.2) is 36.1 Å². The summed E-state index contributed by atoms with van der Waals surface area (Å²) in [7, 11) is 0. The molecular weight excluding hydrogens is 302 g/mol. The Morgan fingerprint density at radius 2 is 2.41 bits per heavy atom. The van der Waals surface area contributed by atoms with E-state index in [1.165, 1.54) is 17.8 Å². The zero-order valence-corrected chi connectivity index (χ0v) is 11.8. The van der Waals surface area contributed by atoms with E-state index < -0.39 is 0 Å². The average Bonchev–Trinajstić information content (AvgIpc) is 2.95. The molecule has 0 spiro atoms. The van der Waals surface area contributed by atoms with Gasteiger partial charge in [0.05, 0.1) is 18.8 Å². The van der Waals surface area contributed by atoms with Crippen molar-refractivity contribution in [1.29, 1.82) is 0 Å². The molecule has 3 nitrogen and oxygen atoms in total. The van der Waals surface area contributed by atoms with Gasteiger partial charge in [0, 0.05) is 11.0 Å². The molecule has 2 heterocycles. The lowest BCUT2D eigenvalue weighted by atomic mass is 10.1. The highest BCUT2D eigenvalue weighted by molar-refractivity contribution is 9.10. The molecule has 5 heteroatoms. The van der Waals surface area contributed by atoms with Gasteiger partial charge in [-0.15, -0.1) is 11.3 Å². The fourth-order valence-electron chi connectivity index (χ4n) is 2.75. The summed E-state index contributed by atoms with van der Waals surface area (Å²) in [6.45, 7) is 1.40. The number of fused-ring (bicyclic) bond motifs is 1. The summed E-state index contributed by atoms with van der Waals surface area (Å²) in [4.78, 5) is 15.3. The third-order valence-corrected chi connectivity index (χ3v) is 5.38. The molecule has 1 aliphatic carbocycles. The summed E-state index contributed by atoms with van der Waals surface area (Å²) >= 11 is 4.94. The van der Waals surface area contributed by atoms with Crippen molar-refractivity contribution in [2.75, 3.05) is 13.2 Å². The zero-order chi connectivity index (χ0) is 11.8. The first-order chi connectivity index (χ1) is 8.27. The van der Waals surface area contributed by atoms with Crippen LogP contribution in [0.2, 0.25) is 0 Å². The van der Waals surface area contributed by atoms with E-state index in [4.69, 9.17) is 4.74 Å². The standard InChI is InChI=1S/C12H14BrNO2S/c13-8-4-7-17-11(8)12(15)14-5-6-16-10-3-1-2-9(10)14/h4,7,9-10H,1-3,5-6H2/t9-,10+/m1/s1. The molecule has 0 bridgehead atoms. The lowest BCUT2D eigenvalue weighted by molar-refractivity contribution is -0.0444. The molecule has 2 aliphatic rings. The Bertz CT molecular complexity index is 434. The smallest absolute Gasteiger partial charge is 0.265 e. The molecule has 1 aromatic rings. The molecule has 3 rings (SSSR count). The minimum Gasteiger partial charge on any atom is -0.374 e. The van der Waals surface area contributed by atoms with Crippen molar-refractivity contribution < 1.29 is 9.53 Å². The number of carbonyl (C=O) groups is 1. The van der Waals surface area contributed by atoms with Crippen molar-refractivity contribution in [2.24, 2.45) is 0 Å². The van der Waals surface area contributed by atoms with Gasteiger partial charge in [0.2, 0.25) is 0 Å². The van der Waals surface area contributed by atoms with E-state index in [2.05, 4.69) is 15.9 Å². The maximum atomic E-state index is 12.5. The van der Waals surface area contributed by atoms with Crippen LogP contribution in [0.15, 0.2) is 15.9 Å². The fraction of sp³-hybridized carbons (Fsp3) is 0.583. The Kier molecular flexibility index (Phi) is 3.23. The Balaban J connectivity index is 1.83. The largest absolute Gasteiger partial charge is 0.374 e. The first kappa shape index (κ1) is 11.7. The first-order valence-corrected chi connectivity index (χ1v) is 7.60. The summed E-state index contributed by atoms with van der Waals surface area (Å²) in [5, 5.41) is 1.95. The number of amides is 1. The highest BCUT2D eigenvalue weighted by Crippen LogP contribution is 2.32. The van der Waals surface area contributed by atoms with E-state index in [1.54, 1.807) is 0 Å². The van der Waals surface area contributed by atoms with Crippen molar-refractivity contribution in [2.45, 2.75) is 31.4 Å². The van der Waals surface area contributed by atoms with Gasteiger partial charge in [-0.2, -0.15) is 0 Å². The van der Waals surface area contributed by atoms with Crippen LogP contribution in [0.5, 0.6) is 0 Å². The molecule has 0 radical (unpaired) electrons. The van der Waals surface area contributed by atoms with Crippen LogP contribution in [-0.2, 0) is 4.74 Å². The second-order valence-electron chi connectivity index (χ2n) is 4.50. The third kappa shape index (κ3) is 2.04. The molecule has 17 heavy (non-hydrogen) atoms. The van der Waals surface area contributed by atoms with Crippen LogP contribution in [0.4, 0.5) is 0 Å². The lowest BCUT2D eigenvalue weighted by Crippen LogP contribution is -2.51. The predicted octanol–water partition coefficient (Wildman–Crippen LogP) is 2.90. The van der Waals surface area contributed by atoms with Gasteiger partial charge in [0.15, 0.2) is 0 Å². The molecule has 1 saturated heterocycles. The van der Waals surface area contributed by atoms with Crippen molar-refractivity contribution in [1.82, 2.24) is 4.90 Å². The number of hydrogen-bond acceptors (Lipinski definition) is 3. The Morgan fingerprint density at radius 1 is 1.53 bits per heavy atom. The number of thiophene rings is 1. The van der Waals surface area contributed by atoms with Crippen LogP contribution in [0, 0.1) is 0 Å². The predicted molar refractivity (Wildman–Crippen MR) is 70.4 cm³/mol. The highest BCUT2D eigenvalue weighted by atomic mass is 79.9. The molecule has 1 aliphatic heterocycles. The molecule has 1 aromatic heterocycles. The molecule has 1 amide bonds. The van der Waals surface area contributed by atoms with Crippen LogP contribution in [0.1, 0.15) is 28.9 Å². The molecule has 0 aromatic carbocycles. The van der Waals surface area contributed by atoms with Gasteiger partial charge in [0.25, 0.3) is 5.91 Å². The fourth-order valence-corrected chi connectivity index (χ4v) is 4.25. The van der Waals surface area contributed by atoms with Crippen molar-refractivity contribution in [3.05, 3.63) is 20.8 Å². The second-order valence-corrected chi connectivity index (χ2v) is 6.27. The van der Waals surface area contributed by atoms with Crippen LogP contribution >= 0.6 is 27.3 Å². The van der Waals surface area contributed by atoms with Gasteiger partial charge in [-0.3, -0.25) is 4.79 Å². The maximum absolute atomic E-state index is 12.5. The van der Waals surface area contributed by atoms with Gasteiger partial charge in [-0.25, -0.2) is 0 Å². The normalized spacial score (nSPS) is 28.2. The van der Waals surface area contributed by atoms with Crippen LogP contribution in [0.3, 0.4) is 0 Å². The van der Waals surface area contributed by atoms with Crippen molar-refractivity contribution in [3.8, 4) is 0 Å². The molecule has 1 saturated carbocycles. The van der Waals surface area contributed by atoms with E-state index in [1.807, 2.05) is 16.3 Å². The third-order valence-electron chi connectivity index (χ3n) is 3.55. The summed E-state index contributed by atoms with van der Waals surface area (Å²) in [6.07, 6.45) is 3.62. The molecule has 92 valence electrons. The van der Waals surface area contributed by atoms with E-state index in [9.17, 15) is 4.79 Å². The molecule has 2 fully saturated rings. The Hall–Kier alpha value is -0.390. The summed E-state index contributed by atoms with van der Waals surface area (Å²) < 4.78 is 6.64. The lowest BCUT2D eigenvalue weighted by Gasteiger charge is -2.37. The maximum Gasteiger partial charge on any atom is 0.265 e. The number of carbonyl (C=O) groups excluding carboxylic acids is 1. The quantitative estimate of drug-likeness (QED) is 0.797. The average molecular weight is 316 g/mol. The zero-order valence-electron chi connectivity index (χ0n) is 9.39. The van der Waals surface area contributed by atoms with Gasteiger partial charge >= 0.3 is 0 Å². The number of morpholine rings is 1. The number of hydrogen-bond donors (Lipinski definition) is 0. The minimum atomic E-state index is 0.159. The number of halogens is 1. The summed E-state index contributed by atoms with van der Waals surface area (Å²) in [5.74, 6) is 0.159. The van der Waals surface area contributed by atoms with Crippen molar-refractivity contribution in [3.63, 3.8) is 0 Å². The van der Waals surface area contributed by atoms with Gasteiger partial charge in [-0.05, 0) is 46.6 Å². The van der Waals surface area contributed by atoms with E-state index in [0.29, 0.717) is 12.6 Å². The number of ether oxygens (including phenoxy) is 1. The molecule has 0 N–H and O–H groups in total. The number of nitrogens with zero attached hydrogens (tertiary/aromatic N) is 1. The van der Waals surface area contributed by atoms with Gasteiger partial charge in [0.1, 0.15) is 4.88 Å². The highest BCUT2D eigenvalue weighted by Gasteiger charge is 2.39. The Morgan fingerprint density at radius 3 is 3.18 bits per heavy atom. The molecular formula is C12H14BrNO2S. The topological polar surface area (TPSA) is 29.5 Å². The van der Waals surface area contributed by atoms with Gasteiger partial charge < -0.3 is 9.64 Å². The van der Waals surface area contributed by atoms with E-state index >= 15 is 0 Å². The summed E-state index contributed by atoms with van der Waals surface area (Å²) in [6, 6.07) is 2.23. The van der Waals surface area contributed by atoms with Crippen LogP contribution in [0.25, 0.3) is 0 Å². The second kappa shape index (κ2) is 4.71. The molecule has 2 atom stereocenters. The monoisotopic (exact) mass is 315 g/mol. The van der Waals surface area contributed by atoms with Gasteiger partial charge in [-0.1, -0.05) is 0 Å². The molecule has 0 unspecified atom stereocenters. The SMILES string of the molecule is O=C(c1sccc1Br)N1CCO[C@H]2CCC[C@H]21. The van der Waals surface area contributed by atoms with E-state index in [-0.39, 0.29) is 12.0 Å². The van der Waals surface area contributed by atoms with E-state index in [0.717, 1.165) is 28.7 Å². The van der Waals surface area contributed by atoms with Crippen LogP contribution < -0.4 is 0 Å². The first-order valence-electron chi connectivity index (χ1n) is 5.93. The number of rotatable bonds is 1.